The van der Waals surface area contributed by atoms with Gasteiger partial charge in [0, 0.05) is 17.0 Å². The Morgan fingerprint density at radius 3 is 2.83 bits per heavy atom. The molecule has 2 aliphatic heterocycles. The van der Waals surface area contributed by atoms with Gasteiger partial charge in [-0.1, -0.05) is 6.07 Å². The molecule has 1 atom stereocenters. The number of rotatable bonds is 5. The molecule has 0 saturated carbocycles. The molecule has 3 heterocycles. The Bertz CT molecular complexity index is 711. The second-order valence-corrected chi connectivity index (χ2v) is 7.03. The van der Waals surface area contributed by atoms with Crippen LogP contribution in [0, 0.1) is 0 Å². The number of fused-ring (bicyclic) bond motifs is 1. The quantitative estimate of drug-likeness (QED) is 0.906. The van der Waals surface area contributed by atoms with Crippen LogP contribution in [0.5, 0.6) is 11.5 Å². The van der Waals surface area contributed by atoms with E-state index in [0.29, 0.717) is 23.6 Å². The van der Waals surface area contributed by atoms with Crippen LogP contribution in [-0.2, 0) is 0 Å². The zero-order valence-corrected chi connectivity index (χ0v) is 14.2. The fourth-order valence-corrected chi connectivity index (χ4v) is 4.13. The number of carbonyl (C=O) groups is 1. The summed E-state index contributed by atoms with van der Waals surface area (Å²) in [6.07, 6.45) is 2.47. The minimum atomic E-state index is -0.0750. The Labute approximate surface area is 145 Å². The second kappa shape index (κ2) is 6.83. The summed E-state index contributed by atoms with van der Waals surface area (Å²) >= 11 is 1.75. The lowest BCUT2D eigenvalue weighted by Gasteiger charge is -2.26. The number of amides is 1. The van der Waals surface area contributed by atoms with Gasteiger partial charge in [-0.2, -0.15) is 0 Å². The van der Waals surface area contributed by atoms with Gasteiger partial charge in [0.1, 0.15) is 0 Å². The fourth-order valence-electron chi connectivity index (χ4n) is 3.27. The summed E-state index contributed by atoms with van der Waals surface area (Å²) in [5.74, 6) is 1.26. The smallest absolute Gasteiger partial charge is 0.251 e. The lowest BCUT2D eigenvalue weighted by Crippen LogP contribution is -2.36. The van der Waals surface area contributed by atoms with Gasteiger partial charge in [0.2, 0.25) is 6.79 Å². The predicted molar refractivity (Wildman–Crippen MR) is 92.8 cm³/mol. The molecule has 1 N–H and O–H groups in total. The molecule has 126 valence electrons. The number of likely N-dealkylation sites (tertiary alicyclic amines) is 1. The molecule has 4 rings (SSSR count). The molecule has 0 unspecified atom stereocenters. The van der Waals surface area contributed by atoms with Crippen molar-refractivity contribution in [2.45, 2.75) is 18.9 Å². The third kappa shape index (κ3) is 3.12. The Morgan fingerprint density at radius 2 is 2.04 bits per heavy atom. The van der Waals surface area contributed by atoms with Gasteiger partial charge in [-0.3, -0.25) is 9.69 Å². The van der Waals surface area contributed by atoms with Crippen molar-refractivity contribution in [3.8, 4) is 11.5 Å². The van der Waals surface area contributed by atoms with E-state index in [4.69, 9.17) is 9.47 Å². The SMILES string of the molecule is O=C(NC[C@@H](c1cccs1)N1CCCC1)c1ccc2c(c1)OCO2. The van der Waals surface area contributed by atoms with Gasteiger partial charge in [-0.15, -0.1) is 11.3 Å². The molecule has 1 amide bonds. The van der Waals surface area contributed by atoms with Crippen molar-refractivity contribution >= 4 is 17.2 Å². The number of hydrogen-bond acceptors (Lipinski definition) is 5. The Kier molecular flexibility index (Phi) is 4.40. The van der Waals surface area contributed by atoms with E-state index in [9.17, 15) is 4.79 Å². The molecule has 2 aromatic rings. The molecule has 1 aromatic heterocycles. The summed E-state index contributed by atoms with van der Waals surface area (Å²) in [6, 6.07) is 9.79. The highest BCUT2D eigenvalue weighted by Gasteiger charge is 2.25. The normalized spacial score (nSPS) is 17.8. The fraction of sp³-hybridized carbons (Fsp3) is 0.389. The van der Waals surface area contributed by atoms with E-state index in [1.165, 1.54) is 17.7 Å². The van der Waals surface area contributed by atoms with Crippen molar-refractivity contribution in [3.63, 3.8) is 0 Å². The van der Waals surface area contributed by atoms with Crippen LogP contribution in [-0.4, -0.2) is 37.2 Å². The largest absolute Gasteiger partial charge is 0.454 e. The third-order valence-electron chi connectivity index (χ3n) is 4.54. The first-order valence-electron chi connectivity index (χ1n) is 8.26. The standard InChI is InChI=1S/C18H20N2O3S/c21-18(13-5-6-15-16(10-13)23-12-22-15)19-11-14(17-4-3-9-24-17)20-7-1-2-8-20/h3-6,9-10,14H,1-2,7-8,11-12H2,(H,19,21)/t14-/m0/s1. The first kappa shape index (κ1) is 15.5. The Morgan fingerprint density at radius 1 is 1.21 bits per heavy atom. The number of benzene rings is 1. The number of nitrogens with one attached hydrogen (secondary N) is 1. The van der Waals surface area contributed by atoms with Gasteiger partial charge in [-0.05, 0) is 55.6 Å². The number of nitrogens with zero attached hydrogens (tertiary/aromatic N) is 1. The van der Waals surface area contributed by atoms with Crippen LogP contribution in [0.25, 0.3) is 0 Å². The average Bonchev–Trinajstić information content (AvgIpc) is 3.36. The Hall–Kier alpha value is -2.05. The van der Waals surface area contributed by atoms with Gasteiger partial charge in [0.15, 0.2) is 11.5 Å². The van der Waals surface area contributed by atoms with E-state index >= 15 is 0 Å². The van der Waals surface area contributed by atoms with E-state index in [1.807, 2.05) is 0 Å². The zero-order chi connectivity index (χ0) is 16.4. The molecule has 0 bridgehead atoms. The van der Waals surface area contributed by atoms with Gasteiger partial charge in [0.25, 0.3) is 5.91 Å². The number of carbonyl (C=O) groups excluding carboxylic acids is 1. The van der Waals surface area contributed by atoms with Crippen molar-refractivity contribution < 1.29 is 14.3 Å². The maximum atomic E-state index is 12.5. The minimum Gasteiger partial charge on any atom is -0.454 e. The number of ether oxygens (including phenoxy) is 2. The van der Waals surface area contributed by atoms with Crippen LogP contribution in [0.15, 0.2) is 35.7 Å². The van der Waals surface area contributed by atoms with Crippen molar-refractivity contribution in [2.75, 3.05) is 26.4 Å². The van der Waals surface area contributed by atoms with Gasteiger partial charge >= 0.3 is 0 Å². The molecule has 6 heteroatoms. The summed E-state index contributed by atoms with van der Waals surface area (Å²) in [5, 5.41) is 5.18. The molecule has 1 fully saturated rings. The van der Waals surface area contributed by atoms with Gasteiger partial charge in [0.05, 0.1) is 6.04 Å². The van der Waals surface area contributed by atoms with Crippen LogP contribution < -0.4 is 14.8 Å². The van der Waals surface area contributed by atoms with Crippen molar-refractivity contribution in [3.05, 3.63) is 46.2 Å². The van der Waals surface area contributed by atoms with Crippen molar-refractivity contribution in [2.24, 2.45) is 0 Å². The highest BCUT2D eigenvalue weighted by Crippen LogP contribution is 2.32. The molecule has 2 aliphatic rings. The summed E-state index contributed by atoms with van der Waals surface area (Å²) in [6.45, 7) is 3.04. The van der Waals surface area contributed by atoms with E-state index in [2.05, 4.69) is 27.7 Å². The van der Waals surface area contributed by atoms with E-state index < -0.39 is 0 Å². The third-order valence-corrected chi connectivity index (χ3v) is 5.52. The van der Waals surface area contributed by atoms with Crippen LogP contribution >= 0.6 is 11.3 Å². The van der Waals surface area contributed by atoms with E-state index in [0.717, 1.165) is 13.1 Å². The highest BCUT2D eigenvalue weighted by molar-refractivity contribution is 7.10. The summed E-state index contributed by atoms with van der Waals surface area (Å²) < 4.78 is 10.6. The summed E-state index contributed by atoms with van der Waals surface area (Å²) in [5.41, 5.74) is 0.602. The van der Waals surface area contributed by atoms with E-state index in [-0.39, 0.29) is 18.7 Å². The van der Waals surface area contributed by atoms with Crippen LogP contribution in [0.3, 0.4) is 0 Å². The lowest BCUT2D eigenvalue weighted by molar-refractivity contribution is 0.0938. The Balaban J connectivity index is 1.44. The molecule has 0 aliphatic carbocycles. The molecule has 5 nitrogen and oxygen atoms in total. The van der Waals surface area contributed by atoms with Gasteiger partial charge in [-0.25, -0.2) is 0 Å². The topological polar surface area (TPSA) is 50.8 Å². The number of hydrogen-bond donors (Lipinski definition) is 1. The molecule has 1 aromatic carbocycles. The number of thiophene rings is 1. The first-order valence-corrected chi connectivity index (χ1v) is 9.14. The summed E-state index contributed by atoms with van der Waals surface area (Å²) in [7, 11) is 0. The van der Waals surface area contributed by atoms with Gasteiger partial charge < -0.3 is 14.8 Å². The maximum Gasteiger partial charge on any atom is 0.251 e. The molecule has 0 spiro atoms. The summed E-state index contributed by atoms with van der Waals surface area (Å²) in [4.78, 5) is 16.3. The zero-order valence-electron chi connectivity index (χ0n) is 13.4. The minimum absolute atomic E-state index is 0.0750. The van der Waals surface area contributed by atoms with Crippen LogP contribution in [0.2, 0.25) is 0 Å². The second-order valence-electron chi connectivity index (χ2n) is 6.05. The molecule has 0 radical (unpaired) electrons. The molecular weight excluding hydrogens is 324 g/mol. The monoisotopic (exact) mass is 344 g/mol. The maximum absolute atomic E-state index is 12.5. The van der Waals surface area contributed by atoms with Crippen LogP contribution in [0.1, 0.15) is 34.1 Å². The predicted octanol–water partition coefficient (Wildman–Crippen LogP) is 3.04. The molecule has 1 saturated heterocycles. The van der Waals surface area contributed by atoms with Crippen LogP contribution in [0.4, 0.5) is 0 Å². The highest BCUT2D eigenvalue weighted by atomic mass is 32.1. The first-order chi connectivity index (χ1) is 11.8. The van der Waals surface area contributed by atoms with Crippen molar-refractivity contribution in [1.29, 1.82) is 0 Å². The van der Waals surface area contributed by atoms with E-state index in [1.54, 1.807) is 29.5 Å². The molecular formula is C18H20N2O3S. The van der Waals surface area contributed by atoms with Crippen molar-refractivity contribution in [1.82, 2.24) is 10.2 Å². The molecule has 24 heavy (non-hydrogen) atoms. The lowest BCUT2D eigenvalue weighted by atomic mass is 10.1. The average molecular weight is 344 g/mol.